The maximum absolute atomic E-state index is 9.34. The van der Waals surface area contributed by atoms with Crippen LogP contribution in [0.4, 0.5) is 0 Å². The fraction of sp³-hybridized carbons (Fsp3) is 1.00. The van der Waals surface area contributed by atoms with Gasteiger partial charge in [0.2, 0.25) is 0 Å². The SMILES string of the molecule is C[C@@H](N)[C@@H](O)C(C)(C)C. The van der Waals surface area contributed by atoms with Gasteiger partial charge < -0.3 is 10.8 Å². The summed E-state index contributed by atoms with van der Waals surface area (Å²) in [5, 5.41) is 9.34. The molecule has 3 N–H and O–H groups in total. The van der Waals surface area contributed by atoms with Crippen molar-refractivity contribution in [3.63, 3.8) is 0 Å². The Hall–Kier alpha value is -0.0800. The lowest BCUT2D eigenvalue weighted by atomic mass is 9.86. The maximum Gasteiger partial charge on any atom is 0.0736 e. The van der Waals surface area contributed by atoms with Crippen LogP contribution in [0.2, 0.25) is 0 Å². The van der Waals surface area contributed by atoms with Gasteiger partial charge in [0, 0.05) is 6.04 Å². The van der Waals surface area contributed by atoms with Crippen molar-refractivity contribution in [1.29, 1.82) is 0 Å². The Bertz CT molecular complexity index is 83.4. The highest BCUT2D eigenvalue weighted by molar-refractivity contribution is 4.78. The van der Waals surface area contributed by atoms with E-state index in [0.717, 1.165) is 0 Å². The number of nitrogens with two attached hydrogens (primary N) is 1. The smallest absolute Gasteiger partial charge is 0.0736 e. The van der Waals surface area contributed by atoms with Gasteiger partial charge in [0.15, 0.2) is 0 Å². The molecule has 0 saturated heterocycles. The summed E-state index contributed by atoms with van der Waals surface area (Å²) in [6.45, 7) is 7.74. The Kier molecular flexibility index (Phi) is 2.65. The summed E-state index contributed by atoms with van der Waals surface area (Å²) in [6.07, 6.45) is -0.405. The molecule has 0 aliphatic heterocycles. The van der Waals surface area contributed by atoms with E-state index in [1.807, 2.05) is 27.7 Å². The highest BCUT2D eigenvalue weighted by Gasteiger charge is 2.24. The lowest BCUT2D eigenvalue weighted by Gasteiger charge is -2.28. The summed E-state index contributed by atoms with van der Waals surface area (Å²) >= 11 is 0. The van der Waals surface area contributed by atoms with Gasteiger partial charge in [0.25, 0.3) is 0 Å². The molecule has 0 amide bonds. The van der Waals surface area contributed by atoms with Crippen LogP contribution in [-0.4, -0.2) is 17.3 Å². The van der Waals surface area contributed by atoms with Crippen molar-refractivity contribution in [1.82, 2.24) is 0 Å². The van der Waals surface area contributed by atoms with Gasteiger partial charge in [-0.25, -0.2) is 0 Å². The molecule has 0 saturated carbocycles. The van der Waals surface area contributed by atoms with E-state index in [4.69, 9.17) is 5.73 Å². The quantitative estimate of drug-likeness (QED) is 0.551. The predicted molar refractivity (Wildman–Crippen MR) is 39.1 cm³/mol. The molecule has 0 radical (unpaired) electrons. The summed E-state index contributed by atoms with van der Waals surface area (Å²) in [5.41, 5.74) is 5.38. The van der Waals surface area contributed by atoms with Crippen molar-refractivity contribution in [2.24, 2.45) is 11.1 Å². The third-order valence-electron chi connectivity index (χ3n) is 1.39. The zero-order valence-electron chi connectivity index (χ0n) is 6.68. The molecule has 0 unspecified atom stereocenters. The van der Waals surface area contributed by atoms with Crippen LogP contribution in [0, 0.1) is 5.41 Å². The lowest BCUT2D eigenvalue weighted by Crippen LogP contribution is -2.41. The number of aliphatic hydroxyl groups excluding tert-OH is 1. The van der Waals surface area contributed by atoms with Crippen LogP contribution in [0.25, 0.3) is 0 Å². The topological polar surface area (TPSA) is 46.2 Å². The Balaban J connectivity index is 3.88. The summed E-state index contributed by atoms with van der Waals surface area (Å²) in [4.78, 5) is 0. The van der Waals surface area contributed by atoms with Gasteiger partial charge in [-0.05, 0) is 12.3 Å². The average Bonchev–Trinajstić information content (AvgIpc) is 1.62. The minimum absolute atomic E-state index is 0.0891. The van der Waals surface area contributed by atoms with E-state index in [2.05, 4.69) is 0 Å². The van der Waals surface area contributed by atoms with Crippen molar-refractivity contribution < 1.29 is 5.11 Å². The van der Waals surface area contributed by atoms with E-state index in [1.54, 1.807) is 0 Å². The molecular weight excluding hydrogens is 114 g/mol. The van der Waals surface area contributed by atoms with Crippen LogP contribution in [0.15, 0.2) is 0 Å². The van der Waals surface area contributed by atoms with Crippen LogP contribution >= 0.6 is 0 Å². The highest BCUT2D eigenvalue weighted by Crippen LogP contribution is 2.20. The first kappa shape index (κ1) is 8.92. The second kappa shape index (κ2) is 2.67. The molecule has 0 aromatic carbocycles. The standard InChI is InChI=1S/C7H17NO/c1-5(8)6(9)7(2,3)4/h5-6,9H,8H2,1-4H3/t5-,6-/m1/s1. The number of aliphatic hydroxyl groups is 1. The van der Waals surface area contributed by atoms with Crippen molar-refractivity contribution in [2.45, 2.75) is 39.8 Å². The Morgan fingerprint density at radius 2 is 1.67 bits per heavy atom. The number of hydrogen-bond acceptors (Lipinski definition) is 2. The molecular formula is C7H17NO. The van der Waals surface area contributed by atoms with E-state index >= 15 is 0 Å². The first-order chi connectivity index (χ1) is 3.85. The van der Waals surface area contributed by atoms with Crippen molar-refractivity contribution in [2.75, 3.05) is 0 Å². The zero-order chi connectivity index (χ0) is 7.65. The van der Waals surface area contributed by atoms with Crippen molar-refractivity contribution >= 4 is 0 Å². The van der Waals surface area contributed by atoms with Crippen molar-refractivity contribution in [3.05, 3.63) is 0 Å². The molecule has 2 nitrogen and oxygen atoms in total. The first-order valence-corrected chi connectivity index (χ1v) is 3.29. The summed E-state index contributed by atoms with van der Waals surface area (Å²) < 4.78 is 0. The van der Waals surface area contributed by atoms with Gasteiger partial charge in [-0.15, -0.1) is 0 Å². The molecule has 9 heavy (non-hydrogen) atoms. The third kappa shape index (κ3) is 2.82. The molecule has 0 rings (SSSR count). The minimum atomic E-state index is -0.405. The van der Waals surface area contributed by atoms with Crippen molar-refractivity contribution in [3.8, 4) is 0 Å². The van der Waals surface area contributed by atoms with Gasteiger partial charge >= 0.3 is 0 Å². The molecule has 0 spiro atoms. The van der Waals surface area contributed by atoms with Gasteiger partial charge in [-0.3, -0.25) is 0 Å². The van der Waals surface area contributed by atoms with E-state index in [1.165, 1.54) is 0 Å². The van der Waals surface area contributed by atoms with Crippen LogP contribution in [0.3, 0.4) is 0 Å². The molecule has 0 aromatic heterocycles. The fourth-order valence-corrected chi connectivity index (χ4v) is 0.789. The lowest BCUT2D eigenvalue weighted by molar-refractivity contribution is 0.0455. The van der Waals surface area contributed by atoms with Gasteiger partial charge in [-0.2, -0.15) is 0 Å². The zero-order valence-corrected chi connectivity index (χ0v) is 6.68. The largest absolute Gasteiger partial charge is 0.391 e. The molecule has 2 atom stereocenters. The normalized spacial score (nSPS) is 19.3. The van der Waals surface area contributed by atoms with E-state index < -0.39 is 6.10 Å². The summed E-state index contributed by atoms with van der Waals surface area (Å²) in [6, 6.07) is -0.134. The minimum Gasteiger partial charge on any atom is -0.391 e. The van der Waals surface area contributed by atoms with E-state index in [9.17, 15) is 5.11 Å². The van der Waals surface area contributed by atoms with Gasteiger partial charge in [0.05, 0.1) is 6.10 Å². The molecule has 0 aromatic rings. The van der Waals surface area contributed by atoms with Crippen LogP contribution in [-0.2, 0) is 0 Å². The Morgan fingerprint density at radius 1 is 1.33 bits per heavy atom. The average molecular weight is 131 g/mol. The molecule has 0 heterocycles. The summed E-state index contributed by atoms with van der Waals surface area (Å²) in [5.74, 6) is 0. The number of hydrogen-bond donors (Lipinski definition) is 2. The second-order valence-corrected chi connectivity index (χ2v) is 3.67. The first-order valence-electron chi connectivity index (χ1n) is 3.29. The van der Waals surface area contributed by atoms with Gasteiger partial charge in [-0.1, -0.05) is 20.8 Å². The van der Waals surface area contributed by atoms with Crippen LogP contribution in [0.1, 0.15) is 27.7 Å². The second-order valence-electron chi connectivity index (χ2n) is 3.67. The Labute approximate surface area is 57.1 Å². The molecule has 0 aliphatic carbocycles. The Morgan fingerprint density at radius 3 is 1.67 bits per heavy atom. The monoisotopic (exact) mass is 131 g/mol. The molecule has 2 heteroatoms. The van der Waals surface area contributed by atoms with E-state index in [0.29, 0.717) is 0 Å². The van der Waals surface area contributed by atoms with Crippen LogP contribution in [0.5, 0.6) is 0 Å². The summed E-state index contributed by atoms with van der Waals surface area (Å²) in [7, 11) is 0. The van der Waals surface area contributed by atoms with E-state index in [-0.39, 0.29) is 11.5 Å². The maximum atomic E-state index is 9.34. The van der Waals surface area contributed by atoms with Gasteiger partial charge in [0.1, 0.15) is 0 Å². The highest BCUT2D eigenvalue weighted by atomic mass is 16.3. The third-order valence-corrected chi connectivity index (χ3v) is 1.39. The number of rotatable bonds is 1. The predicted octanol–water partition coefficient (Wildman–Crippen LogP) is 0.741. The molecule has 0 fully saturated rings. The fourth-order valence-electron chi connectivity index (χ4n) is 0.789. The molecule has 0 aliphatic rings. The van der Waals surface area contributed by atoms with Crippen LogP contribution < -0.4 is 5.73 Å². The molecule has 0 bridgehead atoms. The molecule has 56 valence electrons.